The second kappa shape index (κ2) is 5.89. The van der Waals surface area contributed by atoms with Crippen molar-refractivity contribution >= 4 is 23.2 Å². The van der Waals surface area contributed by atoms with E-state index < -0.39 is 28.4 Å². The molecule has 0 spiro atoms. The molecule has 102 valence electrons. The predicted octanol–water partition coefficient (Wildman–Crippen LogP) is 1.20. The van der Waals surface area contributed by atoms with E-state index in [1.165, 1.54) is 19.9 Å². The second-order valence-electron chi connectivity index (χ2n) is 3.83. The minimum Gasteiger partial charge on any atom is -0.345 e. The van der Waals surface area contributed by atoms with E-state index >= 15 is 0 Å². The highest BCUT2D eigenvalue weighted by Crippen LogP contribution is 2.21. The first-order valence-electron chi connectivity index (χ1n) is 5.33. The minimum absolute atomic E-state index is 0.0790. The van der Waals surface area contributed by atoms with Crippen LogP contribution in [-0.2, 0) is 9.59 Å². The smallest absolute Gasteiger partial charge is 0.306 e. The van der Waals surface area contributed by atoms with Crippen molar-refractivity contribution in [2.75, 3.05) is 5.32 Å². The maximum Gasteiger partial charge on any atom is 0.306 e. The third kappa shape index (κ3) is 4.02. The van der Waals surface area contributed by atoms with Crippen LogP contribution in [0.1, 0.15) is 13.8 Å². The highest BCUT2D eigenvalue weighted by Gasteiger charge is 2.17. The summed E-state index contributed by atoms with van der Waals surface area (Å²) >= 11 is 0. The summed E-state index contributed by atoms with van der Waals surface area (Å²) < 4.78 is 13.1. The quantitative estimate of drug-likeness (QED) is 0.633. The summed E-state index contributed by atoms with van der Waals surface area (Å²) in [6.07, 6.45) is 0. The Morgan fingerprint density at radius 3 is 2.58 bits per heavy atom. The van der Waals surface area contributed by atoms with E-state index in [-0.39, 0.29) is 11.6 Å². The summed E-state index contributed by atoms with van der Waals surface area (Å²) in [6, 6.07) is 2.19. The van der Waals surface area contributed by atoms with Crippen LogP contribution in [0.5, 0.6) is 0 Å². The zero-order chi connectivity index (χ0) is 14.6. The molecule has 0 aliphatic carbocycles. The molecule has 8 heteroatoms. The number of rotatable bonds is 4. The molecule has 0 aromatic heterocycles. The zero-order valence-corrected chi connectivity index (χ0v) is 10.3. The number of benzene rings is 1. The molecule has 1 rings (SSSR count). The lowest BCUT2D eigenvalue weighted by Gasteiger charge is -2.12. The van der Waals surface area contributed by atoms with Crippen LogP contribution in [0.15, 0.2) is 18.2 Å². The van der Waals surface area contributed by atoms with Gasteiger partial charge < -0.3 is 10.6 Å². The van der Waals surface area contributed by atoms with E-state index in [4.69, 9.17) is 0 Å². The van der Waals surface area contributed by atoms with Gasteiger partial charge in [-0.2, -0.15) is 4.39 Å². The Bertz CT molecular complexity index is 533. The number of anilines is 1. The van der Waals surface area contributed by atoms with E-state index in [0.717, 1.165) is 12.1 Å². The topological polar surface area (TPSA) is 101 Å². The van der Waals surface area contributed by atoms with Gasteiger partial charge in [-0.3, -0.25) is 19.7 Å². The van der Waals surface area contributed by atoms with Crippen molar-refractivity contribution in [1.29, 1.82) is 0 Å². The molecule has 1 aromatic carbocycles. The second-order valence-corrected chi connectivity index (χ2v) is 3.83. The average Bonchev–Trinajstić information content (AvgIpc) is 2.30. The SMILES string of the molecule is CC(=O)N[C@@H](C)C(=O)Nc1ccc(F)c([N+](=O)[O-])c1. The molecular formula is C11H12FN3O4. The molecule has 1 aromatic rings. The number of nitrogens with zero attached hydrogens (tertiary/aromatic N) is 1. The van der Waals surface area contributed by atoms with Gasteiger partial charge in [0.1, 0.15) is 6.04 Å². The summed E-state index contributed by atoms with van der Waals surface area (Å²) in [7, 11) is 0. The van der Waals surface area contributed by atoms with Crippen molar-refractivity contribution in [2.45, 2.75) is 19.9 Å². The van der Waals surface area contributed by atoms with E-state index in [2.05, 4.69) is 10.6 Å². The molecule has 0 aliphatic rings. The van der Waals surface area contributed by atoms with Crippen LogP contribution >= 0.6 is 0 Å². The summed E-state index contributed by atoms with van der Waals surface area (Å²) in [6.45, 7) is 2.71. The van der Waals surface area contributed by atoms with Crippen molar-refractivity contribution in [3.05, 3.63) is 34.1 Å². The van der Waals surface area contributed by atoms with Crippen molar-refractivity contribution in [3.63, 3.8) is 0 Å². The monoisotopic (exact) mass is 269 g/mol. The largest absolute Gasteiger partial charge is 0.345 e. The number of nitrogens with one attached hydrogen (secondary N) is 2. The number of nitro groups is 1. The Kier molecular flexibility index (Phi) is 4.51. The molecule has 0 saturated carbocycles. The van der Waals surface area contributed by atoms with E-state index in [1.807, 2.05) is 0 Å². The van der Waals surface area contributed by atoms with Crippen molar-refractivity contribution in [1.82, 2.24) is 5.32 Å². The number of amides is 2. The molecule has 1 atom stereocenters. The summed E-state index contributed by atoms with van der Waals surface area (Å²) in [5.41, 5.74) is -0.653. The average molecular weight is 269 g/mol. The Hall–Kier alpha value is -2.51. The van der Waals surface area contributed by atoms with Gasteiger partial charge in [-0.25, -0.2) is 0 Å². The van der Waals surface area contributed by atoms with Crippen molar-refractivity contribution in [2.24, 2.45) is 0 Å². The van der Waals surface area contributed by atoms with Gasteiger partial charge in [0.05, 0.1) is 4.92 Å². The minimum atomic E-state index is -0.988. The molecule has 19 heavy (non-hydrogen) atoms. The fourth-order valence-electron chi connectivity index (χ4n) is 1.35. The lowest BCUT2D eigenvalue weighted by atomic mass is 10.2. The van der Waals surface area contributed by atoms with E-state index in [0.29, 0.717) is 0 Å². The molecule has 2 amide bonds. The van der Waals surface area contributed by atoms with Gasteiger partial charge in [0.2, 0.25) is 17.6 Å². The number of nitro benzene ring substituents is 1. The van der Waals surface area contributed by atoms with Gasteiger partial charge in [-0.15, -0.1) is 0 Å². The Balaban J connectivity index is 2.83. The normalized spacial score (nSPS) is 11.5. The predicted molar refractivity (Wildman–Crippen MR) is 65.0 cm³/mol. The number of carbonyl (C=O) groups is 2. The Morgan fingerprint density at radius 1 is 1.42 bits per heavy atom. The zero-order valence-electron chi connectivity index (χ0n) is 10.3. The van der Waals surface area contributed by atoms with Crippen LogP contribution in [0.3, 0.4) is 0 Å². The molecule has 0 radical (unpaired) electrons. The van der Waals surface area contributed by atoms with Crippen molar-refractivity contribution < 1.29 is 18.9 Å². The molecule has 2 N–H and O–H groups in total. The summed E-state index contributed by atoms with van der Waals surface area (Å²) in [5.74, 6) is -1.93. The van der Waals surface area contributed by atoms with Crippen molar-refractivity contribution in [3.8, 4) is 0 Å². The lowest BCUT2D eigenvalue weighted by molar-refractivity contribution is -0.387. The summed E-state index contributed by atoms with van der Waals surface area (Å²) in [4.78, 5) is 32.0. The van der Waals surface area contributed by atoms with Gasteiger partial charge in [0.15, 0.2) is 0 Å². The first kappa shape index (κ1) is 14.6. The fourth-order valence-corrected chi connectivity index (χ4v) is 1.35. The van der Waals surface area contributed by atoms with Gasteiger partial charge in [0.25, 0.3) is 0 Å². The molecule has 0 aliphatic heterocycles. The maximum absolute atomic E-state index is 13.1. The first-order chi connectivity index (χ1) is 8.81. The fraction of sp³-hybridized carbons (Fsp3) is 0.273. The van der Waals surface area contributed by atoms with Gasteiger partial charge >= 0.3 is 5.69 Å². The number of carbonyl (C=O) groups excluding carboxylic acids is 2. The Labute approximate surface area is 107 Å². The maximum atomic E-state index is 13.1. The molecule has 0 unspecified atom stereocenters. The molecule has 7 nitrogen and oxygen atoms in total. The summed E-state index contributed by atoms with van der Waals surface area (Å²) in [5, 5.41) is 15.2. The van der Waals surface area contributed by atoms with Crippen LogP contribution in [0.4, 0.5) is 15.8 Å². The molecule has 0 heterocycles. The molecule has 0 saturated heterocycles. The molecule has 0 bridgehead atoms. The molecule has 0 fully saturated rings. The van der Waals surface area contributed by atoms with E-state index in [9.17, 15) is 24.1 Å². The van der Waals surface area contributed by atoms with Crippen LogP contribution in [-0.4, -0.2) is 22.8 Å². The first-order valence-corrected chi connectivity index (χ1v) is 5.33. The number of hydrogen-bond donors (Lipinski definition) is 2. The third-order valence-electron chi connectivity index (χ3n) is 2.22. The lowest BCUT2D eigenvalue weighted by Crippen LogP contribution is -2.40. The number of hydrogen-bond acceptors (Lipinski definition) is 4. The van der Waals surface area contributed by atoms with Crippen LogP contribution in [0, 0.1) is 15.9 Å². The highest BCUT2D eigenvalue weighted by molar-refractivity contribution is 5.96. The highest BCUT2D eigenvalue weighted by atomic mass is 19.1. The Morgan fingerprint density at radius 2 is 2.05 bits per heavy atom. The standard InChI is InChI=1S/C11H12FN3O4/c1-6(13-7(2)16)11(17)14-8-3-4-9(12)10(5-8)15(18)19/h3-6H,1-2H3,(H,13,16)(H,14,17)/t6-/m0/s1. The van der Waals surface area contributed by atoms with Gasteiger partial charge in [0, 0.05) is 18.7 Å². The van der Waals surface area contributed by atoms with Crippen LogP contribution in [0.2, 0.25) is 0 Å². The van der Waals surface area contributed by atoms with Crippen LogP contribution < -0.4 is 10.6 Å². The number of halogens is 1. The van der Waals surface area contributed by atoms with Crippen LogP contribution in [0.25, 0.3) is 0 Å². The third-order valence-corrected chi connectivity index (χ3v) is 2.22. The van der Waals surface area contributed by atoms with Gasteiger partial charge in [-0.1, -0.05) is 0 Å². The molecular weight excluding hydrogens is 257 g/mol. The van der Waals surface area contributed by atoms with E-state index in [1.54, 1.807) is 0 Å². The van der Waals surface area contributed by atoms with Gasteiger partial charge in [-0.05, 0) is 19.1 Å².